The van der Waals surface area contributed by atoms with E-state index in [4.69, 9.17) is 0 Å². The van der Waals surface area contributed by atoms with Crippen molar-refractivity contribution in [1.82, 2.24) is 9.80 Å². The number of nitrogens with zero attached hydrogens (tertiary/aromatic N) is 2. The predicted molar refractivity (Wildman–Crippen MR) is 73.6 cm³/mol. The van der Waals surface area contributed by atoms with Gasteiger partial charge < -0.3 is 4.90 Å². The summed E-state index contributed by atoms with van der Waals surface area (Å²) < 4.78 is 12.9. The maximum absolute atomic E-state index is 12.9. The molecule has 0 N–H and O–H groups in total. The van der Waals surface area contributed by atoms with Gasteiger partial charge in [-0.15, -0.1) is 6.58 Å². The van der Waals surface area contributed by atoms with E-state index in [1.165, 1.54) is 12.1 Å². The van der Waals surface area contributed by atoms with Crippen molar-refractivity contribution in [3.05, 3.63) is 48.3 Å². The lowest BCUT2D eigenvalue weighted by Crippen LogP contribution is -2.35. The first-order chi connectivity index (χ1) is 9.20. The second-order valence-electron chi connectivity index (χ2n) is 4.74. The average Bonchev–Trinajstić information content (AvgIpc) is 2.65. The van der Waals surface area contributed by atoms with Crippen LogP contribution in [0.4, 0.5) is 4.39 Å². The number of amides is 1. The molecule has 1 aromatic carbocycles. The lowest BCUT2D eigenvalue weighted by Gasteiger charge is -2.21. The summed E-state index contributed by atoms with van der Waals surface area (Å²) in [5.74, 6) is -0.329. The molecule has 1 fully saturated rings. The summed E-state index contributed by atoms with van der Waals surface area (Å²) in [7, 11) is 0. The summed E-state index contributed by atoms with van der Waals surface area (Å²) in [6.45, 7) is 7.91. The molecule has 1 amide bonds. The highest BCUT2D eigenvalue weighted by Gasteiger charge is 2.19. The lowest BCUT2D eigenvalue weighted by atomic mass is 10.2. The van der Waals surface area contributed by atoms with Crippen LogP contribution in [0.15, 0.2) is 36.9 Å². The van der Waals surface area contributed by atoms with E-state index in [0.717, 1.165) is 32.6 Å². The van der Waals surface area contributed by atoms with Crippen LogP contribution >= 0.6 is 0 Å². The van der Waals surface area contributed by atoms with Gasteiger partial charge in [-0.2, -0.15) is 0 Å². The Morgan fingerprint density at radius 3 is 2.63 bits per heavy atom. The lowest BCUT2D eigenvalue weighted by molar-refractivity contribution is 0.0762. The van der Waals surface area contributed by atoms with Gasteiger partial charge in [0.2, 0.25) is 0 Å². The largest absolute Gasteiger partial charge is 0.337 e. The van der Waals surface area contributed by atoms with E-state index in [0.29, 0.717) is 12.1 Å². The highest BCUT2D eigenvalue weighted by atomic mass is 19.1. The molecule has 0 spiro atoms. The van der Waals surface area contributed by atoms with Crippen LogP contribution < -0.4 is 0 Å². The SMILES string of the molecule is C=CCN1CCCN(C(=O)c2ccc(F)cc2)CC1. The molecular weight excluding hydrogens is 243 g/mol. The third kappa shape index (κ3) is 3.64. The molecule has 0 radical (unpaired) electrons. The highest BCUT2D eigenvalue weighted by Crippen LogP contribution is 2.10. The van der Waals surface area contributed by atoms with Gasteiger partial charge in [0.15, 0.2) is 0 Å². The van der Waals surface area contributed by atoms with Crippen molar-refractivity contribution in [2.24, 2.45) is 0 Å². The van der Waals surface area contributed by atoms with Crippen molar-refractivity contribution in [1.29, 1.82) is 0 Å². The molecule has 3 nitrogen and oxygen atoms in total. The molecule has 0 atom stereocenters. The molecular formula is C15H19FN2O. The summed E-state index contributed by atoms with van der Waals surface area (Å²) >= 11 is 0. The van der Waals surface area contributed by atoms with E-state index in [9.17, 15) is 9.18 Å². The first kappa shape index (κ1) is 13.7. The van der Waals surface area contributed by atoms with Gasteiger partial charge in [-0.25, -0.2) is 4.39 Å². The zero-order valence-electron chi connectivity index (χ0n) is 11.0. The second-order valence-corrected chi connectivity index (χ2v) is 4.74. The van der Waals surface area contributed by atoms with Gasteiger partial charge in [-0.05, 0) is 30.7 Å². The zero-order chi connectivity index (χ0) is 13.7. The summed E-state index contributed by atoms with van der Waals surface area (Å²) in [4.78, 5) is 16.4. The molecule has 102 valence electrons. The molecule has 0 saturated carbocycles. The van der Waals surface area contributed by atoms with Crippen molar-refractivity contribution in [3.63, 3.8) is 0 Å². The number of hydrogen-bond acceptors (Lipinski definition) is 2. The molecule has 1 aliphatic heterocycles. The fourth-order valence-corrected chi connectivity index (χ4v) is 2.31. The Balaban J connectivity index is 1.99. The Labute approximate surface area is 113 Å². The first-order valence-corrected chi connectivity index (χ1v) is 6.59. The molecule has 2 rings (SSSR count). The normalized spacial score (nSPS) is 17.0. The average molecular weight is 262 g/mol. The molecule has 0 aliphatic carbocycles. The fraction of sp³-hybridized carbons (Fsp3) is 0.400. The molecule has 19 heavy (non-hydrogen) atoms. The van der Waals surface area contributed by atoms with Crippen molar-refractivity contribution < 1.29 is 9.18 Å². The Morgan fingerprint density at radius 2 is 1.95 bits per heavy atom. The molecule has 4 heteroatoms. The molecule has 0 aromatic heterocycles. The van der Waals surface area contributed by atoms with Crippen molar-refractivity contribution in [2.45, 2.75) is 6.42 Å². The standard InChI is InChI=1S/C15H19FN2O/c1-2-8-17-9-3-10-18(12-11-17)15(19)13-4-6-14(16)7-5-13/h2,4-7H,1,3,8-12H2. The number of carbonyl (C=O) groups excluding carboxylic acids is 1. The van der Waals surface area contributed by atoms with E-state index >= 15 is 0 Å². The minimum atomic E-state index is -0.315. The van der Waals surface area contributed by atoms with E-state index in [1.54, 1.807) is 12.1 Å². The molecule has 0 bridgehead atoms. The van der Waals surface area contributed by atoms with Gasteiger partial charge in [0.05, 0.1) is 0 Å². The van der Waals surface area contributed by atoms with Crippen LogP contribution in [-0.2, 0) is 0 Å². The fourth-order valence-electron chi connectivity index (χ4n) is 2.31. The molecule has 1 aliphatic rings. The topological polar surface area (TPSA) is 23.6 Å². The van der Waals surface area contributed by atoms with E-state index in [2.05, 4.69) is 11.5 Å². The van der Waals surface area contributed by atoms with Gasteiger partial charge in [0, 0.05) is 38.3 Å². The molecule has 1 heterocycles. The number of hydrogen-bond donors (Lipinski definition) is 0. The Morgan fingerprint density at radius 1 is 1.21 bits per heavy atom. The van der Waals surface area contributed by atoms with Crippen LogP contribution in [0.25, 0.3) is 0 Å². The molecule has 0 unspecified atom stereocenters. The molecule has 1 saturated heterocycles. The predicted octanol–water partition coefficient (Wildman–Crippen LogP) is 2.16. The maximum Gasteiger partial charge on any atom is 0.253 e. The van der Waals surface area contributed by atoms with E-state index in [-0.39, 0.29) is 11.7 Å². The summed E-state index contributed by atoms with van der Waals surface area (Å²) in [5.41, 5.74) is 0.554. The smallest absolute Gasteiger partial charge is 0.253 e. The van der Waals surface area contributed by atoms with Crippen molar-refractivity contribution in [3.8, 4) is 0 Å². The van der Waals surface area contributed by atoms with Gasteiger partial charge >= 0.3 is 0 Å². The van der Waals surface area contributed by atoms with Gasteiger partial charge in [0.1, 0.15) is 5.82 Å². The van der Waals surface area contributed by atoms with Crippen LogP contribution in [0.2, 0.25) is 0 Å². The van der Waals surface area contributed by atoms with Gasteiger partial charge in [0.25, 0.3) is 5.91 Å². The maximum atomic E-state index is 12.9. The number of benzene rings is 1. The third-order valence-corrected chi connectivity index (χ3v) is 3.35. The van der Waals surface area contributed by atoms with Crippen LogP contribution in [-0.4, -0.2) is 48.4 Å². The second kappa shape index (κ2) is 6.48. The number of carbonyl (C=O) groups is 1. The van der Waals surface area contributed by atoms with Crippen LogP contribution in [0.3, 0.4) is 0 Å². The summed E-state index contributed by atoms with van der Waals surface area (Å²) in [5, 5.41) is 0. The molecule has 1 aromatic rings. The third-order valence-electron chi connectivity index (χ3n) is 3.35. The van der Waals surface area contributed by atoms with E-state index < -0.39 is 0 Å². The summed E-state index contributed by atoms with van der Waals surface area (Å²) in [6, 6.07) is 5.75. The number of halogens is 1. The van der Waals surface area contributed by atoms with Crippen LogP contribution in [0, 0.1) is 5.82 Å². The van der Waals surface area contributed by atoms with Crippen molar-refractivity contribution in [2.75, 3.05) is 32.7 Å². The van der Waals surface area contributed by atoms with Crippen LogP contribution in [0.1, 0.15) is 16.8 Å². The van der Waals surface area contributed by atoms with Crippen molar-refractivity contribution >= 4 is 5.91 Å². The van der Waals surface area contributed by atoms with Gasteiger partial charge in [-0.1, -0.05) is 6.08 Å². The number of rotatable bonds is 3. The summed E-state index contributed by atoms with van der Waals surface area (Å²) in [6.07, 6.45) is 2.85. The Hall–Kier alpha value is -1.68. The van der Waals surface area contributed by atoms with Crippen LogP contribution in [0.5, 0.6) is 0 Å². The zero-order valence-corrected chi connectivity index (χ0v) is 11.0. The minimum absolute atomic E-state index is 0.0135. The Kier molecular flexibility index (Phi) is 4.68. The quantitative estimate of drug-likeness (QED) is 0.779. The monoisotopic (exact) mass is 262 g/mol. The highest BCUT2D eigenvalue weighted by molar-refractivity contribution is 5.94. The first-order valence-electron chi connectivity index (χ1n) is 6.59. The van der Waals surface area contributed by atoms with Gasteiger partial charge in [-0.3, -0.25) is 9.69 Å². The van der Waals surface area contributed by atoms with E-state index in [1.807, 2.05) is 11.0 Å². The Bertz CT molecular complexity index is 444. The minimum Gasteiger partial charge on any atom is -0.337 e.